The summed E-state index contributed by atoms with van der Waals surface area (Å²) < 4.78 is 13.4. The molecule has 0 amide bonds. The molecule has 1 aromatic rings. The lowest BCUT2D eigenvalue weighted by molar-refractivity contribution is 0.578. The van der Waals surface area contributed by atoms with E-state index in [0.717, 1.165) is 24.3 Å². The zero-order valence-electron chi connectivity index (χ0n) is 12.1. The Morgan fingerprint density at radius 2 is 2.21 bits per heavy atom. The third-order valence-corrected chi connectivity index (χ3v) is 3.47. The Kier molecular flexibility index (Phi) is 4.75. The molecule has 1 heterocycles. The lowest BCUT2D eigenvalue weighted by Gasteiger charge is -2.22. The molecule has 1 saturated carbocycles. The van der Waals surface area contributed by atoms with E-state index >= 15 is 0 Å². The topological polar surface area (TPSA) is 28.2 Å². The van der Waals surface area contributed by atoms with Crippen molar-refractivity contribution in [3.05, 3.63) is 23.6 Å². The smallest absolute Gasteiger partial charge is 0.141 e. The zero-order chi connectivity index (χ0) is 13.8. The highest BCUT2D eigenvalue weighted by atomic mass is 19.1. The van der Waals surface area contributed by atoms with Crippen LogP contribution in [0, 0.1) is 11.7 Å². The summed E-state index contributed by atoms with van der Waals surface area (Å²) in [5.74, 6) is 1.31. The number of aromatic nitrogens is 1. The van der Waals surface area contributed by atoms with E-state index in [1.807, 2.05) is 7.05 Å². The Hall–Kier alpha value is -1.16. The van der Waals surface area contributed by atoms with Gasteiger partial charge in [-0.25, -0.2) is 9.37 Å². The molecule has 106 valence electrons. The van der Waals surface area contributed by atoms with Crippen molar-refractivity contribution in [3.8, 4) is 0 Å². The fraction of sp³-hybridized carbons (Fsp3) is 0.667. The van der Waals surface area contributed by atoms with E-state index in [9.17, 15) is 4.39 Å². The van der Waals surface area contributed by atoms with Crippen molar-refractivity contribution in [1.82, 2.24) is 10.3 Å². The Morgan fingerprint density at radius 1 is 1.47 bits per heavy atom. The van der Waals surface area contributed by atoms with Crippen molar-refractivity contribution < 1.29 is 4.39 Å². The summed E-state index contributed by atoms with van der Waals surface area (Å²) in [5, 5.41) is 3.43. The fourth-order valence-corrected chi connectivity index (χ4v) is 2.05. The lowest BCUT2D eigenvalue weighted by Crippen LogP contribution is -2.25. The van der Waals surface area contributed by atoms with Crippen LogP contribution in [0.15, 0.2) is 12.3 Å². The summed E-state index contributed by atoms with van der Waals surface area (Å²) >= 11 is 0. The third-order valence-electron chi connectivity index (χ3n) is 3.47. The normalized spacial score (nSPS) is 15.0. The summed E-state index contributed by atoms with van der Waals surface area (Å²) in [5.41, 5.74) is 0.957. The monoisotopic (exact) mass is 265 g/mol. The first-order chi connectivity index (χ1) is 9.06. The van der Waals surface area contributed by atoms with E-state index in [-0.39, 0.29) is 5.82 Å². The maximum absolute atomic E-state index is 13.4. The first-order valence-electron chi connectivity index (χ1n) is 7.15. The van der Waals surface area contributed by atoms with Gasteiger partial charge in [-0.3, -0.25) is 0 Å². The molecule has 1 aliphatic carbocycles. The van der Waals surface area contributed by atoms with Gasteiger partial charge in [-0.15, -0.1) is 0 Å². The maximum atomic E-state index is 13.4. The quantitative estimate of drug-likeness (QED) is 0.821. The lowest BCUT2D eigenvalue weighted by atomic mass is 10.1. The number of rotatable bonds is 7. The zero-order valence-corrected chi connectivity index (χ0v) is 12.1. The van der Waals surface area contributed by atoms with E-state index in [4.69, 9.17) is 0 Å². The van der Waals surface area contributed by atoms with Crippen LogP contribution >= 0.6 is 0 Å². The van der Waals surface area contributed by atoms with Gasteiger partial charge in [-0.05, 0) is 31.2 Å². The van der Waals surface area contributed by atoms with Gasteiger partial charge in [0.2, 0.25) is 0 Å². The molecule has 1 aromatic heterocycles. The number of halogens is 1. The fourth-order valence-electron chi connectivity index (χ4n) is 2.05. The van der Waals surface area contributed by atoms with Gasteiger partial charge in [0.05, 0.1) is 6.20 Å². The van der Waals surface area contributed by atoms with E-state index in [2.05, 4.69) is 29.0 Å². The molecule has 0 atom stereocenters. The molecule has 3 nitrogen and oxygen atoms in total. The van der Waals surface area contributed by atoms with E-state index in [1.165, 1.54) is 19.0 Å². The van der Waals surface area contributed by atoms with Crippen LogP contribution in [-0.2, 0) is 6.54 Å². The van der Waals surface area contributed by atoms with Crippen LogP contribution in [0.3, 0.4) is 0 Å². The largest absolute Gasteiger partial charge is 0.359 e. The van der Waals surface area contributed by atoms with Gasteiger partial charge >= 0.3 is 0 Å². The van der Waals surface area contributed by atoms with Crippen molar-refractivity contribution in [2.45, 2.75) is 45.7 Å². The Balaban J connectivity index is 2.03. The van der Waals surface area contributed by atoms with Gasteiger partial charge in [0.25, 0.3) is 0 Å². The number of pyridine rings is 1. The van der Waals surface area contributed by atoms with Gasteiger partial charge in [0.1, 0.15) is 11.6 Å². The van der Waals surface area contributed by atoms with Crippen LogP contribution < -0.4 is 10.2 Å². The highest BCUT2D eigenvalue weighted by Crippen LogP contribution is 2.22. The van der Waals surface area contributed by atoms with Crippen LogP contribution in [0.4, 0.5) is 10.2 Å². The van der Waals surface area contributed by atoms with Crippen LogP contribution in [0.1, 0.15) is 38.7 Å². The molecular weight excluding hydrogens is 241 g/mol. The van der Waals surface area contributed by atoms with Crippen LogP contribution in [0.2, 0.25) is 0 Å². The molecule has 1 aliphatic rings. The highest BCUT2D eigenvalue weighted by Gasteiger charge is 2.21. The second-order valence-corrected chi connectivity index (χ2v) is 5.90. The number of anilines is 1. The van der Waals surface area contributed by atoms with Crippen LogP contribution in [0.5, 0.6) is 0 Å². The minimum absolute atomic E-state index is 0.256. The average molecular weight is 265 g/mol. The van der Waals surface area contributed by atoms with Crippen LogP contribution in [0.25, 0.3) is 0 Å². The maximum Gasteiger partial charge on any atom is 0.141 e. The number of hydrogen-bond donors (Lipinski definition) is 1. The molecular formula is C15H24FN3. The summed E-state index contributed by atoms with van der Waals surface area (Å²) in [4.78, 5) is 6.39. The predicted molar refractivity (Wildman–Crippen MR) is 76.8 cm³/mol. The van der Waals surface area contributed by atoms with Crippen molar-refractivity contribution >= 4 is 5.82 Å². The average Bonchev–Trinajstić information content (AvgIpc) is 3.17. The molecule has 0 spiro atoms. The molecule has 0 saturated heterocycles. The molecule has 0 unspecified atom stereocenters. The van der Waals surface area contributed by atoms with Gasteiger partial charge in [-0.1, -0.05) is 13.8 Å². The van der Waals surface area contributed by atoms with E-state index < -0.39 is 0 Å². The molecule has 0 aromatic carbocycles. The Labute approximate surface area is 115 Å². The molecule has 19 heavy (non-hydrogen) atoms. The first-order valence-corrected chi connectivity index (χ1v) is 7.15. The molecule has 1 fully saturated rings. The molecule has 0 radical (unpaired) electrons. The molecule has 0 bridgehead atoms. The van der Waals surface area contributed by atoms with Gasteiger partial charge in [0, 0.05) is 31.7 Å². The van der Waals surface area contributed by atoms with Crippen molar-refractivity contribution in [2.75, 3.05) is 18.5 Å². The van der Waals surface area contributed by atoms with Gasteiger partial charge in [0.15, 0.2) is 0 Å². The Bertz CT molecular complexity index is 416. The molecule has 2 rings (SSSR count). The number of hydrogen-bond acceptors (Lipinski definition) is 3. The van der Waals surface area contributed by atoms with Crippen LogP contribution in [-0.4, -0.2) is 24.6 Å². The van der Waals surface area contributed by atoms with Gasteiger partial charge < -0.3 is 10.2 Å². The SMILES string of the molecule is CC(C)CCN(C)c1ncc(F)cc1CNC1CC1. The Morgan fingerprint density at radius 3 is 2.84 bits per heavy atom. The third kappa shape index (κ3) is 4.46. The van der Waals surface area contributed by atoms with E-state index in [0.29, 0.717) is 18.5 Å². The minimum atomic E-state index is -0.256. The minimum Gasteiger partial charge on any atom is -0.359 e. The van der Waals surface area contributed by atoms with Gasteiger partial charge in [-0.2, -0.15) is 0 Å². The highest BCUT2D eigenvalue weighted by molar-refractivity contribution is 5.46. The summed E-state index contributed by atoms with van der Waals surface area (Å²) in [7, 11) is 2.03. The number of nitrogens with zero attached hydrogens (tertiary/aromatic N) is 2. The molecule has 1 N–H and O–H groups in total. The second kappa shape index (κ2) is 6.33. The standard InChI is InChI=1S/C15H24FN3/c1-11(2)6-7-19(3)15-12(8-13(16)10-18-15)9-17-14-4-5-14/h8,10-11,14,17H,4-7,9H2,1-3H3. The second-order valence-electron chi connectivity index (χ2n) is 5.90. The molecule has 4 heteroatoms. The predicted octanol–water partition coefficient (Wildman–Crippen LogP) is 2.96. The first kappa shape index (κ1) is 14.3. The summed E-state index contributed by atoms with van der Waals surface area (Å²) in [6.45, 7) is 6.08. The summed E-state index contributed by atoms with van der Waals surface area (Å²) in [6.07, 6.45) is 4.90. The van der Waals surface area contributed by atoms with Crippen molar-refractivity contribution in [1.29, 1.82) is 0 Å². The van der Waals surface area contributed by atoms with Crippen molar-refractivity contribution in [3.63, 3.8) is 0 Å². The number of nitrogens with one attached hydrogen (secondary N) is 1. The van der Waals surface area contributed by atoms with Crippen molar-refractivity contribution in [2.24, 2.45) is 5.92 Å². The summed E-state index contributed by atoms with van der Waals surface area (Å²) in [6, 6.07) is 2.22. The molecule has 0 aliphatic heterocycles. The van der Waals surface area contributed by atoms with E-state index in [1.54, 1.807) is 6.07 Å².